The van der Waals surface area contributed by atoms with Crippen LogP contribution in [0.5, 0.6) is 0 Å². The summed E-state index contributed by atoms with van der Waals surface area (Å²) in [6.45, 7) is 12.1. The van der Waals surface area contributed by atoms with E-state index in [0.717, 1.165) is 24.0 Å². The van der Waals surface area contributed by atoms with Gasteiger partial charge in [0, 0.05) is 24.7 Å². The van der Waals surface area contributed by atoms with Crippen LogP contribution in [0.2, 0.25) is 0 Å². The summed E-state index contributed by atoms with van der Waals surface area (Å²) in [6.07, 6.45) is 5.30. The third-order valence-corrected chi connectivity index (χ3v) is 5.29. The Morgan fingerprint density at radius 2 is 1.95 bits per heavy atom. The SMILES string of the molecule is CCCNC1CCN(C2CCN(C)C(C)C2)CC1C. The van der Waals surface area contributed by atoms with Crippen molar-refractivity contribution in [1.82, 2.24) is 15.1 Å². The van der Waals surface area contributed by atoms with Crippen molar-refractivity contribution in [2.24, 2.45) is 5.92 Å². The van der Waals surface area contributed by atoms with E-state index in [1.54, 1.807) is 0 Å². The maximum absolute atomic E-state index is 3.73. The summed E-state index contributed by atoms with van der Waals surface area (Å²) in [4.78, 5) is 5.29. The minimum Gasteiger partial charge on any atom is -0.314 e. The van der Waals surface area contributed by atoms with E-state index in [0.29, 0.717) is 0 Å². The van der Waals surface area contributed by atoms with Crippen LogP contribution >= 0.6 is 0 Å². The topological polar surface area (TPSA) is 18.5 Å². The van der Waals surface area contributed by atoms with E-state index in [-0.39, 0.29) is 0 Å². The van der Waals surface area contributed by atoms with Crippen LogP contribution in [-0.4, -0.2) is 61.2 Å². The van der Waals surface area contributed by atoms with Crippen LogP contribution in [0.25, 0.3) is 0 Å². The smallest absolute Gasteiger partial charge is 0.0122 e. The van der Waals surface area contributed by atoms with Gasteiger partial charge in [0.2, 0.25) is 0 Å². The van der Waals surface area contributed by atoms with Gasteiger partial charge in [-0.25, -0.2) is 0 Å². The lowest BCUT2D eigenvalue weighted by molar-refractivity contribution is 0.0488. The summed E-state index contributed by atoms with van der Waals surface area (Å²) < 4.78 is 0. The summed E-state index contributed by atoms with van der Waals surface area (Å²) >= 11 is 0. The Morgan fingerprint density at radius 3 is 2.58 bits per heavy atom. The minimum absolute atomic E-state index is 0.750. The van der Waals surface area contributed by atoms with Crippen LogP contribution in [-0.2, 0) is 0 Å². The molecule has 2 fully saturated rings. The first kappa shape index (κ1) is 15.3. The zero-order valence-corrected chi connectivity index (χ0v) is 13.4. The van der Waals surface area contributed by atoms with Gasteiger partial charge in [-0.1, -0.05) is 13.8 Å². The first-order chi connectivity index (χ1) is 9.11. The highest BCUT2D eigenvalue weighted by Gasteiger charge is 2.32. The molecule has 1 N–H and O–H groups in total. The molecule has 2 aliphatic rings. The maximum atomic E-state index is 3.73. The summed E-state index contributed by atoms with van der Waals surface area (Å²) in [6, 6.07) is 2.34. The second-order valence-electron chi connectivity index (χ2n) is 6.83. The number of nitrogens with zero attached hydrogens (tertiary/aromatic N) is 2. The molecule has 0 saturated carbocycles. The molecule has 0 aromatic carbocycles. The molecule has 0 amide bonds. The van der Waals surface area contributed by atoms with Crippen LogP contribution in [0.4, 0.5) is 0 Å². The summed E-state index contributed by atoms with van der Waals surface area (Å²) in [5.41, 5.74) is 0. The van der Waals surface area contributed by atoms with E-state index in [2.05, 4.69) is 42.9 Å². The third-order valence-electron chi connectivity index (χ3n) is 5.29. The van der Waals surface area contributed by atoms with Gasteiger partial charge in [-0.15, -0.1) is 0 Å². The lowest BCUT2D eigenvalue weighted by atomic mass is 9.89. The highest BCUT2D eigenvalue weighted by Crippen LogP contribution is 2.25. The van der Waals surface area contributed by atoms with Gasteiger partial charge in [0.1, 0.15) is 0 Å². The number of hydrogen-bond acceptors (Lipinski definition) is 3. The third kappa shape index (κ3) is 3.93. The first-order valence-electron chi connectivity index (χ1n) is 8.29. The highest BCUT2D eigenvalue weighted by molar-refractivity contribution is 4.89. The van der Waals surface area contributed by atoms with Crippen molar-refractivity contribution in [3.05, 3.63) is 0 Å². The van der Waals surface area contributed by atoms with Crippen molar-refractivity contribution in [3.63, 3.8) is 0 Å². The molecule has 0 aromatic rings. The molecular weight excluding hydrogens is 234 g/mol. The van der Waals surface area contributed by atoms with Crippen molar-refractivity contribution in [1.29, 1.82) is 0 Å². The molecule has 3 nitrogen and oxygen atoms in total. The maximum Gasteiger partial charge on any atom is 0.0122 e. The first-order valence-corrected chi connectivity index (χ1v) is 8.29. The Balaban J connectivity index is 1.81. The summed E-state index contributed by atoms with van der Waals surface area (Å²) in [5.74, 6) is 0.801. The quantitative estimate of drug-likeness (QED) is 0.842. The number of nitrogens with one attached hydrogen (secondary N) is 1. The predicted octanol–water partition coefficient (Wildman–Crippen LogP) is 2.18. The zero-order chi connectivity index (χ0) is 13.8. The van der Waals surface area contributed by atoms with E-state index in [1.165, 1.54) is 51.9 Å². The molecule has 0 radical (unpaired) electrons. The normalized spacial score (nSPS) is 38.5. The molecule has 2 heterocycles. The molecule has 3 heteroatoms. The molecule has 2 rings (SSSR count). The van der Waals surface area contributed by atoms with Crippen LogP contribution in [0.15, 0.2) is 0 Å². The van der Waals surface area contributed by atoms with Gasteiger partial charge in [0.25, 0.3) is 0 Å². The molecule has 112 valence electrons. The van der Waals surface area contributed by atoms with Crippen LogP contribution in [0.3, 0.4) is 0 Å². The molecule has 4 atom stereocenters. The monoisotopic (exact) mass is 267 g/mol. The molecule has 0 aromatic heterocycles. The van der Waals surface area contributed by atoms with Crippen LogP contribution in [0.1, 0.15) is 46.5 Å². The van der Waals surface area contributed by atoms with E-state index < -0.39 is 0 Å². The van der Waals surface area contributed by atoms with Gasteiger partial charge in [-0.3, -0.25) is 4.90 Å². The molecule has 2 aliphatic heterocycles. The molecule has 2 saturated heterocycles. The Morgan fingerprint density at radius 1 is 1.16 bits per heavy atom. The Kier molecular flexibility index (Phi) is 5.67. The van der Waals surface area contributed by atoms with Gasteiger partial charge in [-0.05, 0) is 65.2 Å². The average molecular weight is 267 g/mol. The number of likely N-dealkylation sites (tertiary alicyclic amines) is 2. The van der Waals surface area contributed by atoms with Gasteiger partial charge in [-0.2, -0.15) is 0 Å². The fourth-order valence-electron chi connectivity index (χ4n) is 3.74. The van der Waals surface area contributed by atoms with Crippen molar-refractivity contribution >= 4 is 0 Å². The lowest BCUT2D eigenvalue weighted by Crippen LogP contribution is -2.54. The van der Waals surface area contributed by atoms with Gasteiger partial charge in [0.05, 0.1) is 0 Å². The molecule has 0 bridgehead atoms. The highest BCUT2D eigenvalue weighted by atomic mass is 15.2. The predicted molar refractivity (Wildman–Crippen MR) is 82.5 cm³/mol. The van der Waals surface area contributed by atoms with Crippen molar-refractivity contribution in [3.8, 4) is 0 Å². The Labute approximate surface area is 119 Å². The zero-order valence-electron chi connectivity index (χ0n) is 13.4. The van der Waals surface area contributed by atoms with Gasteiger partial charge in [0.15, 0.2) is 0 Å². The average Bonchev–Trinajstić information content (AvgIpc) is 2.40. The van der Waals surface area contributed by atoms with E-state index in [9.17, 15) is 0 Å². The Bertz CT molecular complexity index is 269. The van der Waals surface area contributed by atoms with Gasteiger partial charge < -0.3 is 10.2 Å². The molecular formula is C16H33N3. The number of piperidine rings is 2. The Hall–Kier alpha value is -0.120. The van der Waals surface area contributed by atoms with Gasteiger partial charge >= 0.3 is 0 Å². The van der Waals surface area contributed by atoms with E-state index in [4.69, 9.17) is 0 Å². The largest absolute Gasteiger partial charge is 0.314 e. The second-order valence-corrected chi connectivity index (χ2v) is 6.83. The summed E-state index contributed by atoms with van der Waals surface area (Å²) in [7, 11) is 2.27. The minimum atomic E-state index is 0.750. The molecule has 0 aliphatic carbocycles. The standard InChI is InChI=1S/C16H33N3/c1-5-8-17-16-7-10-19(12-13(16)2)15-6-9-18(4)14(3)11-15/h13-17H,5-12H2,1-4H3. The summed E-state index contributed by atoms with van der Waals surface area (Å²) in [5, 5.41) is 3.73. The number of hydrogen-bond donors (Lipinski definition) is 1. The fraction of sp³-hybridized carbons (Fsp3) is 1.00. The van der Waals surface area contributed by atoms with E-state index in [1.807, 2.05) is 0 Å². The van der Waals surface area contributed by atoms with Crippen molar-refractivity contribution in [2.45, 2.75) is 64.6 Å². The lowest BCUT2D eigenvalue weighted by Gasteiger charge is -2.45. The van der Waals surface area contributed by atoms with Crippen LogP contribution in [0, 0.1) is 5.92 Å². The van der Waals surface area contributed by atoms with E-state index >= 15 is 0 Å². The number of rotatable bonds is 4. The molecule has 0 spiro atoms. The van der Waals surface area contributed by atoms with Crippen molar-refractivity contribution in [2.75, 3.05) is 33.2 Å². The van der Waals surface area contributed by atoms with Crippen LogP contribution < -0.4 is 5.32 Å². The van der Waals surface area contributed by atoms with Crippen molar-refractivity contribution < 1.29 is 0 Å². The molecule has 4 unspecified atom stereocenters. The second kappa shape index (κ2) is 7.05. The fourth-order valence-corrected chi connectivity index (χ4v) is 3.74. The molecule has 19 heavy (non-hydrogen) atoms.